The van der Waals surface area contributed by atoms with Crippen LogP contribution in [-0.4, -0.2) is 47.4 Å². The Morgan fingerprint density at radius 1 is 1.09 bits per heavy atom. The highest BCUT2D eigenvalue weighted by Crippen LogP contribution is 2.46. The Bertz CT molecular complexity index is 1600. The molecule has 176 valence electrons. The van der Waals surface area contributed by atoms with Crippen molar-refractivity contribution in [3.8, 4) is 28.1 Å². The number of rotatable bonds is 4. The van der Waals surface area contributed by atoms with E-state index in [-0.39, 0.29) is 22.0 Å². The number of anilines is 1. The number of H-pyrrole nitrogens is 2. The highest BCUT2D eigenvalue weighted by atomic mass is 32.2. The predicted octanol–water partition coefficient (Wildman–Crippen LogP) is 3.13. The molecule has 4 aromatic rings. The average molecular weight is 480 g/mol. The standard InChI is InChI=1S/C24H25N5O4S/c1-24(2)12-14-6-5-7-16(20(14)33-24)17-18-21(27-23(25)28-22(18)30)26-19(17)13-8-10-15(11-9-13)34(31,32)29(3)4/h5-11H,12H2,1-4H3,(H4,25,26,27,28,30). The topological polar surface area (TPSA) is 134 Å². The van der Waals surface area contributed by atoms with Crippen molar-refractivity contribution >= 4 is 27.0 Å². The van der Waals surface area contributed by atoms with E-state index in [2.05, 4.69) is 15.0 Å². The predicted molar refractivity (Wildman–Crippen MR) is 131 cm³/mol. The van der Waals surface area contributed by atoms with Gasteiger partial charge in [0.05, 0.1) is 16.0 Å². The van der Waals surface area contributed by atoms with Crippen LogP contribution in [-0.2, 0) is 16.4 Å². The molecule has 1 aliphatic rings. The normalized spacial score (nSPS) is 15.0. The van der Waals surface area contributed by atoms with Crippen LogP contribution >= 0.6 is 0 Å². The van der Waals surface area contributed by atoms with E-state index in [0.717, 1.165) is 27.6 Å². The number of benzene rings is 2. The van der Waals surface area contributed by atoms with E-state index in [1.54, 1.807) is 24.3 Å². The molecule has 3 heterocycles. The minimum absolute atomic E-state index is 0.0000480. The van der Waals surface area contributed by atoms with Crippen LogP contribution in [0.25, 0.3) is 33.4 Å². The van der Waals surface area contributed by atoms with E-state index in [1.165, 1.54) is 14.1 Å². The van der Waals surface area contributed by atoms with Crippen molar-refractivity contribution in [2.75, 3.05) is 19.8 Å². The van der Waals surface area contributed by atoms with Gasteiger partial charge in [0.1, 0.15) is 17.0 Å². The van der Waals surface area contributed by atoms with Crippen molar-refractivity contribution in [2.45, 2.75) is 30.8 Å². The van der Waals surface area contributed by atoms with Crippen molar-refractivity contribution in [1.82, 2.24) is 19.3 Å². The first kappa shape index (κ1) is 22.2. The summed E-state index contributed by atoms with van der Waals surface area (Å²) in [5.41, 5.74) is 9.14. The number of nitrogens with two attached hydrogens (primary N) is 1. The van der Waals surface area contributed by atoms with Crippen molar-refractivity contribution in [1.29, 1.82) is 0 Å². The van der Waals surface area contributed by atoms with Gasteiger partial charge in [-0.2, -0.15) is 4.98 Å². The van der Waals surface area contributed by atoms with Gasteiger partial charge in [-0.25, -0.2) is 12.7 Å². The van der Waals surface area contributed by atoms with Gasteiger partial charge in [0.25, 0.3) is 5.56 Å². The van der Waals surface area contributed by atoms with Crippen LogP contribution in [0.4, 0.5) is 5.95 Å². The second kappa shape index (κ2) is 7.44. The first-order valence-corrected chi connectivity index (χ1v) is 12.2. The molecule has 0 unspecified atom stereocenters. The van der Waals surface area contributed by atoms with Crippen LogP contribution in [0.2, 0.25) is 0 Å². The number of hydrogen-bond donors (Lipinski definition) is 3. The zero-order valence-electron chi connectivity index (χ0n) is 19.3. The highest BCUT2D eigenvalue weighted by molar-refractivity contribution is 7.89. The molecule has 0 radical (unpaired) electrons. The smallest absolute Gasteiger partial charge is 0.262 e. The van der Waals surface area contributed by atoms with Gasteiger partial charge in [0.2, 0.25) is 16.0 Å². The monoisotopic (exact) mass is 479 g/mol. The van der Waals surface area contributed by atoms with E-state index in [0.29, 0.717) is 27.9 Å². The van der Waals surface area contributed by atoms with E-state index < -0.39 is 10.0 Å². The molecule has 0 aliphatic carbocycles. The molecule has 0 spiro atoms. The van der Waals surface area contributed by atoms with Crippen LogP contribution < -0.4 is 16.0 Å². The molecule has 10 heteroatoms. The summed E-state index contributed by atoms with van der Waals surface area (Å²) in [5, 5.41) is 0.357. The van der Waals surface area contributed by atoms with Gasteiger partial charge in [0.15, 0.2) is 0 Å². The lowest BCUT2D eigenvalue weighted by atomic mass is 9.95. The third-order valence-electron chi connectivity index (χ3n) is 5.96. The summed E-state index contributed by atoms with van der Waals surface area (Å²) in [4.78, 5) is 23.3. The van der Waals surface area contributed by atoms with Crippen LogP contribution in [0.5, 0.6) is 5.75 Å². The molecular weight excluding hydrogens is 454 g/mol. The quantitative estimate of drug-likeness (QED) is 0.412. The lowest BCUT2D eigenvalue weighted by Gasteiger charge is -2.18. The minimum Gasteiger partial charge on any atom is -0.487 e. The van der Waals surface area contributed by atoms with Crippen molar-refractivity contribution in [2.24, 2.45) is 0 Å². The molecule has 2 aromatic heterocycles. The molecule has 2 aromatic carbocycles. The Morgan fingerprint density at radius 2 is 1.79 bits per heavy atom. The summed E-state index contributed by atoms with van der Waals surface area (Å²) >= 11 is 0. The van der Waals surface area contributed by atoms with Gasteiger partial charge in [0, 0.05) is 31.6 Å². The lowest BCUT2D eigenvalue weighted by Crippen LogP contribution is -2.24. The number of aromatic nitrogens is 3. The molecule has 0 saturated carbocycles. The molecule has 1 aliphatic heterocycles. The summed E-state index contributed by atoms with van der Waals surface area (Å²) in [5.74, 6) is 0.720. The third-order valence-corrected chi connectivity index (χ3v) is 7.79. The Hall–Kier alpha value is -3.63. The molecule has 0 bridgehead atoms. The number of aromatic amines is 2. The maximum atomic E-state index is 13.0. The second-order valence-corrected chi connectivity index (χ2v) is 11.3. The van der Waals surface area contributed by atoms with Crippen LogP contribution in [0.1, 0.15) is 19.4 Å². The number of nitrogens with one attached hydrogen (secondary N) is 2. The summed E-state index contributed by atoms with van der Waals surface area (Å²) in [7, 11) is -0.607. The molecule has 5 rings (SSSR count). The fourth-order valence-electron chi connectivity index (χ4n) is 4.42. The second-order valence-electron chi connectivity index (χ2n) is 9.19. The largest absolute Gasteiger partial charge is 0.487 e. The van der Waals surface area contributed by atoms with Gasteiger partial charge >= 0.3 is 0 Å². The fourth-order valence-corrected chi connectivity index (χ4v) is 5.32. The summed E-state index contributed by atoms with van der Waals surface area (Å²) in [6, 6.07) is 12.4. The number of ether oxygens (including phenoxy) is 1. The molecular formula is C24H25N5O4S. The lowest BCUT2D eigenvalue weighted by molar-refractivity contribution is 0.139. The SMILES string of the molecule is CN(C)S(=O)(=O)c1ccc(-c2[nH]c3nc(N)[nH]c(=O)c3c2-c2cccc3c2OC(C)(C)C3)cc1. The molecule has 0 fully saturated rings. The number of fused-ring (bicyclic) bond motifs is 2. The zero-order valence-corrected chi connectivity index (χ0v) is 20.1. The van der Waals surface area contributed by atoms with E-state index in [1.807, 2.05) is 32.0 Å². The molecule has 0 atom stereocenters. The molecule has 34 heavy (non-hydrogen) atoms. The molecule has 4 N–H and O–H groups in total. The maximum Gasteiger partial charge on any atom is 0.262 e. The number of hydrogen-bond acceptors (Lipinski definition) is 6. The summed E-state index contributed by atoms with van der Waals surface area (Å²) < 4.78 is 32.5. The van der Waals surface area contributed by atoms with Gasteiger partial charge in [-0.15, -0.1) is 0 Å². The van der Waals surface area contributed by atoms with Crippen LogP contribution in [0.15, 0.2) is 52.2 Å². The Balaban J connectivity index is 1.78. The molecule has 0 amide bonds. The summed E-state index contributed by atoms with van der Waals surface area (Å²) in [6.45, 7) is 4.04. The van der Waals surface area contributed by atoms with Gasteiger partial charge in [-0.05, 0) is 37.1 Å². The summed E-state index contributed by atoms with van der Waals surface area (Å²) in [6.07, 6.45) is 0.743. The van der Waals surface area contributed by atoms with Crippen molar-refractivity contribution < 1.29 is 13.2 Å². The maximum absolute atomic E-state index is 13.0. The van der Waals surface area contributed by atoms with Crippen LogP contribution in [0.3, 0.4) is 0 Å². The highest BCUT2D eigenvalue weighted by Gasteiger charge is 2.33. The number of para-hydroxylation sites is 1. The fraction of sp³-hybridized carbons (Fsp3) is 0.250. The van der Waals surface area contributed by atoms with Gasteiger partial charge < -0.3 is 15.5 Å². The van der Waals surface area contributed by atoms with E-state index in [9.17, 15) is 13.2 Å². The Labute approximate surface area is 196 Å². The third kappa shape index (κ3) is 3.46. The van der Waals surface area contributed by atoms with E-state index >= 15 is 0 Å². The number of nitrogen functional groups attached to an aromatic ring is 1. The average Bonchev–Trinajstić information content (AvgIpc) is 3.29. The first-order valence-electron chi connectivity index (χ1n) is 10.7. The first-order chi connectivity index (χ1) is 16.0. The minimum atomic E-state index is -3.58. The number of nitrogens with zero attached hydrogens (tertiary/aromatic N) is 2. The van der Waals surface area contributed by atoms with Crippen molar-refractivity contribution in [3.05, 3.63) is 58.4 Å². The van der Waals surface area contributed by atoms with Gasteiger partial charge in [-0.3, -0.25) is 9.78 Å². The van der Waals surface area contributed by atoms with Crippen molar-refractivity contribution in [3.63, 3.8) is 0 Å². The van der Waals surface area contributed by atoms with Gasteiger partial charge in [-0.1, -0.05) is 30.3 Å². The Morgan fingerprint density at radius 3 is 2.47 bits per heavy atom. The zero-order chi connectivity index (χ0) is 24.4. The van der Waals surface area contributed by atoms with E-state index in [4.69, 9.17) is 10.5 Å². The number of sulfonamides is 1. The Kier molecular flexibility index (Phi) is 4.85. The van der Waals surface area contributed by atoms with Crippen LogP contribution in [0, 0.1) is 0 Å². The molecule has 9 nitrogen and oxygen atoms in total. The molecule has 0 saturated heterocycles.